The van der Waals surface area contributed by atoms with Gasteiger partial charge in [-0.05, 0) is 30.5 Å². The third-order valence-electron chi connectivity index (χ3n) is 2.24. The molecule has 90 valence electrons. The van der Waals surface area contributed by atoms with E-state index in [1.54, 1.807) is 7.11 Å². The van der Waals surface area contributed by atoms with Gasteiger partial charge in [0.1, 0.15) is 0 Å². The molecule has 0 aromatic carbocycles. The van der Waals surface area contributed by atoms with Crippen molar-refractivity contribution >= 4 is 11.8 Å². The summed E-state index contributed by atoms with van der Waals surface area (Å²) in [7, 11) is 1.64. The van der Waals surface area contributed by atoms with Gasteiger partial charge >= 0.3 is 0 Å². The molecular formula is C12H20N2OS. The Labute approximate surface area is 102 Å². The van der Waals surface area contributed by atoms with Crippen molar-refractivity contribution in [2.45, 2.75) is 13.5 Å². The first kappa shape index (κ1) is 13.3. The average molecular weight is 240 g/mol. The van der Waals surface area contributed by atoms with Crippen molar-refractivity contribution in [3.8, 4) is 5.88 Å². The predicted molar refractivity (Wildman–Crippen MR) is 70.0 cm³/mol. The number of nitrogens with zero attached hydrogens (tertiary/aromatic N) is 1. The first-order chi connectivity index (χ1) is 7.76. The molecular weight excluding hydrogens is 220 g/mol. The first-order valence-electron chi connectivity index (χ1n) is 5.46. The van der Waals surface area contributed by atoms with Crippen molar-refractivity contribution in [3.05, 3.63) is 23.9 Å². The van der Waals surface area contributed by atoms with E-state index in [1.807, 2.05) is 30.0 Å². The van der Waals surface area contributed by atoms with Crippen molar-refractivity contribution in [2.24, 2.45) is 5.92 Å². The minimum absolute atomic E-state index is 0.677. The van der Waals surface area contributed by atoms with Crippen LogP contribution in [-0.4, -0.2) is 30.6 Å². The fraction of sp³-hybridized carbons (Fsp3) is 0.583. The third-order valence-corrected chi connectivity index (χ3v) is 3.14. The van der Waals surface area contributed by atoms with Crippen LogP contribution in [0.2, 0.25) is 0 Å². The van der Waals surface area contributed by atoms with Crippen LogP contribution in [0.5, 0.6) is 5.88 Å². The van der Waals surface area contributed by atoms with E-state index in [4.69, 9.17) is 4.74 Å². The number of ether oxygens (including phenoxy) is 1. The highest BCUT2D eigenvalue weighted by molar-refractivity contribution is 7.98. The maximum atomic E-state index is 5.08. The largest absolute Gasteiger partial charge is 0.481 e. The number of aromatic nitrogens is 1. The van der Waals surface area contributed by atoms with Gasteiger partial charge in [0.05, 0.1) is 12.8 Å². The number of thioether (sulfide) groups is 1. The van der Waals surface area contributed by atoms with Gasteiger partial charge in [0, 0.05) is 12.6 Å². The highest BCUT2D eigenvalue weighted by atomic mass is 32.2. The van der Waals surface area contributed by atoms with Crippen LogP contribution in [0.15, 0.2) is 18.2 Å². The van der Waals surface area contributed by atoms with Gasteiger partial charge in [0.15, 0.2) is 0 Å². The fourth-order valence-electron chi connectivity index (χ4n) is 1.46. The summed E-state index contributed by atoms with van der Waals surface area (Å²) in [5, 5.41) is 3.41. The number of nitrogens with one attached hydrogen (secondary N) is 1. The Morgan fingerprint density at radius 3 is 3.00 bits per heavy atom. The molecule has 0 fully saturated rings. The molecule has 0 spiro atoms. The molecule has 3 nitrogen and oxygen atoms in total. The van der Waals surface area contributed by atoms with E-state index >= 15 is 0 Å². The Morgan fingerprint density at radius 2 is 2.31 bits per heavy atom. The number of hydrogen-bond donors (Lipinski definition) is 1. The van der Waals surface area contributed by atoms with Gasteiger partial charge in [-0.15, -0.1) is 0 Å². The van der Waals surface area contributed by atoms with Crippen molar-refractivity contribution in [1.82, 2.24) is 10.3 Å². The second kappa shape index (κ2) is 7.52. The summed E-state index contributed by atoms with van der Waals surface area (Å²) in [6, 6.07) is 5.84. The van der Waals surface area contributed by atoms with Crippen molar-refractivity contribution in [2.75, 3.05) is 25.7 Å². The van der Waals surface area contributed by atoms with Crippen LogP contribution in [0.3, 0.4) is 0 Å². The topological polar surface area (TPSA) is 34.1 Å². The van der Waals surface area contributed by atoms with Gasteiger partial charge in [-0.3, -0.25) is 0 Å². The maximum absolute atomic E-state index is 5.08. The van der Waals surface area contributed by atoms with Crippen molar-refractivity contribution in [3.63, 3.8) is 0 Å². The third kappa shape index (κ3) is 4.86. The zero-order chi connectivity index (χ0) is 11.8. The molecule has 0 aliphatic heterocycles. The normalized spacial score (nSPS) is 12.4. The maximum Gasteiger partial charge on any atom is 0.213 e. The lowest BCUT2D eigenvalue weighted by Crippen LogP contribution is -2.22. The summed E-state index contributed by atoms with van der Waals surface area (Å²) in [6.07, 6.45) is 2.14. The van der Waals surface area contributed by atoms with E-state index in [2.05, 4.69) is 23.5 Å². The van der Waals surface area contributed by atoms with Gasteiger partial charge < -0.3 is 10.1 Å². The molecule has 0 aliphatic rings. The number of pyridine rings is 1. The lowest BCUT2D eigenvalue weighted by molar-refractivity contribution is 0.395. The minimum Gasteiger partial charge on any atom is -0.481 e. The Balaban J connectivity index is 2.31. The standard InChI is InChI=1S/C12H20N2OS/c1-10(9-16-3)7-13-8-11-5-4-6-12(14-11)15-2/h4-6,10,13H,7-9H2,1-3H3. The van der Waals surface area contributed by atoms with E-state index in [-0.39, 0.29) is 0 Å². The second-order valence-electron chi connectivity index (χ2n) is 3.86. The molecule has 0 saturated heterocycles. The highest BCUT2D eigenvalue weighted by Crippen LogP contribution is 2.07. The summed E-state index contributed by atoms with van der Waals surface area (Å²) < 4.78 is 5.08. The Bertz CT molecular complexity index is 307. The Morgan fingerprint density at radius 1 is 1.50 bits per heavy atom. The molecule has 1 unspecified atom stereocenters. The molecule has 1 aromatic rings. The highest BCUT2D eigenvalue weighted by Gasteiger charge is 2.01. The lowest BCUT2D eigenvalue weighted by Gasteiger charge is -2.11. The van der Waals surface area contributed by atoms with Gasteiger partial charge in [0.2, 0.25) is 5.88 Å². The first-order valence-corrected chi connectivity index (χ1v) is 6.85. The molecule has 4 heteroatoms. The Hall–Kier alpha value is -0.740. The molecule has 0 amide bonds. The van der Waals surface area contributed by atoms with Crippen LogP contribution in [0, 0.1) is 5.92 Å². The predicted octanol–water partition coefficient (Wildman–Crippen LogP) is 2.18. The SMILES string of the molecule is COc1cccc(CNCC(C)CSC)n1. The van der Waals surface area contributed by atoms with Crippen LogP contribution < -0.4 is 10.1 Å². The summed E-state index contributed by atoms with van der Waals surface area (Å²) in [5.74, 6) is 2.57. The van der Waals surface area contributed by atoms with Gasteiger partial charge in [-0.1, -0.05) is 13.0 Å². The monoisotopic (exact) mass is 240 g/mol. The van der Waals surface area contributed by atoms with Gasteiger partial charge in [0.25, 0.3) is 0 Å². The molecule has 0 bridgehead atoms. The molecule has 0 radical (unpaired) electrons. The van der Waals surface area contributed by atoms with Crippen molar-refractivity contribution in [1.29, 1.82) is 0 Å². The van der Waals surface area contributed by atoms with E-state index in [0.717, 1.165) is 18.8 Å². The van der Waals surface area contributed by atoms with E-state index < -0.39 is 0 Å². The minimum atomic E-state index is 0.677. The lowest BCUT2D eigenvalue weighted by atomic mass is 10.2. The van der Waals surface area contributed by atoms with Crippen LogP contribution >= 0.6 is 11.8 Å². The van der Waals surface area contributed by atoms with E-state index in [0.29, 0.717) is 11.8 Å². The summed E-state index contributed by atoms with van der Waals surface area (Å²) in [6.45, 7) is 4.08. The molecule has 1 heterocycles. The molecule has 0 aliphatic carbocycles. The fourth-order valence-corrected chi connectivity index (χ4v) is 2.15. The summed E-state index contributed by atoms with van der Waals surface area (Å²) in [5.41, 5.74) is 1.02. The number of hydrogen-bond acceptors (Lipinski definition) is 4. The van der Waals surface area contributed by atoms with E-state index in [9.17, 15) is 0 Å². The second-order valence-corrected chi connectivity index (χ2v) is 4.77. The smallest absolute Gasteiger partial charge is 0.213 e. The van der Waals surface area contributed by atoms with Crippen LogP contribution in [-0.2, 0) is 6.54 Å². The van der Waals surface area contributed by atoms with Crippen LogP contribution in [0.1, 0.15) is 12.6 Å². The number of rotatable bonds is 7. The van der Waals surface area contributed by atoms with E-state index in [1.165, 1.54) is 5.75 Å². The van der Waals surface area contributed by atoms with Crippen molar-refractivity contribution < 1.29 is 4.74 Å². The Kier molecular flexibility index (Phi) is 6.26. The van der Waals surface area contributed by atoms with Gasteiger partial charge in [-0.2, -0.15) is 11.8 Å². The number of methoxy groups -OCH3 is 1. The molecule has 16 heavy (non-hydrogen) atoms. The van der Waals surface area contributed by atoms with Crippen LogP contribution in [0.4, 0.5) is 0 Å². The van der Waals surface area contributed by atoms with Gasteiger partial charge in [-0.25, -0.2) is 4.98 Å². The molecule has 1 atom stereocenters. The molecule has 0 saturated carbocycles. The average Bonchev–Trinajstić information content (AvgIpc) is 2.30. The summed E-state index contributed by atoms with van der Waals surface area (Å²) in [4.78, 5) is 4.34. The zero-order valence-corrected chi connectivity index (χ0v) is 11.0. The zero-order valence-electron chi connectivity index (χ0n) is 10.2. The quantitative estimate of drug-likeness (QED) is 0.792. The molecule has 1 N–H and O–H groups in total. The molecule has 1 rings (SSSR count). The van der Waals surface area contributed by atoms with Crippen LogP contribution in [0.25, 0.3) is 0 Å². The summed E-state index contributed by atoms with van der Waals surface area (Å²) >= 11 is 1.89. The molecule has 1 aromatic heterocycles.